The molecule has 1 amide bonds. The van der Waals surface area contributed by atoms with Crippen LogP contribution in [-0.2, 0) is 4.79 Å². The summed E-state index contributed by atoms with van der Waals surface area (Å²) in [5.74, 6) is -0.549. The molecule has 0 saturated carbocycles. The SMILES string of the molecule is N#C/C(=C/Nc1ccc(Cl)cc1Cl)C(=O)Nc1ccc(Cl)cc1. The molecule has 0 aromatic heterocycles. The van der Waals surface area contributed by atoms with E-state index in [0.29, 0.717) is 26.4 Å². The molecule has 2 aromatic rings. The molecule has 2 aromatic carbocycles. The molecule has 4 nitrogen and oxygen atoms in total. The first-order valence-electron chi connectivity index (χ1n) is 6.38. The number of hydrogen-bond donors (Lipinski definition) is 2. The normalized spacial score (nSPS) is 10.8. The first kappa shape index (κ1) is 17.2. The van der Waals surface area contributed by atoms with Gasteiger partial charge in [-0.05, 0) is 42.5 Å². The van der Waals surface area contributed by atoms with Gasteiger partial charge < -0.3 is 10.6 Å². The zero-order valence-corrected chi connectivity index (χ0v) is 13.9. The van der Waals surface area contributed by atoms with Crippen molar-refractivity contribution in [2.45, 2.75) is 0 Å². The lowest BCUT2D eigenvalue weighted by Crippen LogP contribution is -2.14. The van der Waals surface area contributed by atoms with E-state index in [9.17, 15) is 4.79 Å². The van der Waals surface area contributed by atoms with Gasteiger partial charge >= 0.3 is 0 Å². The molecule has 0 fully saturated rings. The molecular weight excluding hydrogens is 357 g/mol. The fourth-order valence-electron chi connectivity index (χ4n) is 1.64. The van der Waals surface area contributed by atoms with Crippen LogP contribution in [0.15, 0.2) is 54.2 Å². The number of halogens is 3. The summed E-state index contributed by atoms with van der Waals surface area (Å²) in [6.45, 7) is 0. The van der Waals surface area contributed by atoms with E-state index in [2.05, 4.69) is 10.6 Å². The molecule has 0 aliphatic heterocycles. The van der Waals surface area contributed by atoms with Crippen molar-refractivity contribution in [3.05, 3.63) is 69.3 Å². The van der Waals surface area contributed by atoms with Gasteiger partial charge in [0, 0.05) is 21.9 Å². The summed E-state index contributed by atoms with van der Waals surface area (Å²) in [5.41, 5.74) is 0.958. The first-order chi connectivity index (χ1) is 11.0. The Morgan fingerprint density at radius 3 is 2.30 bits per heavy atom. The lowest BCUT2D eigenvalue weighted by molar-refractivity contribution is -0.112. The largest absolute Gasteiger partial charge is 0.359 e. The fraction of sp³-hybridized carbons (Fsp3) is 0. The molecule has 0 heterocycles. The number of nitrogens with one attached hydrogen (secondary N) is 2. The average Bonchev–Trinajstić information content (AvgIpc) is 2.52. The third kappa shape index (κ3) is 4.90. The number of anilines is 2. The van der Waals surface area contributed by atoms with E-state index in [1.807, 2.05) is 6.07 Å². The van der Waals surface area contributed by atoms with Crippen molar-refractivity contribution in [3.8, 4) is 6.07 Å². The molecule has 2 N–H and O–H groups in total. The first-order valence-corrected chi connectivity index (χ1v) is 7.52. The van der Waals surface area contributed by atoms with Crippen molar-refractivity contribution in [2.75, 3.05) is 10.6 Å². The van der Waals surface area contributed by atoms with Crippen molar-refractivity contribution in [1.29, 1.82) is 5.26 Å². The minimum atomic E-state index is -0.549. The Bertz CT molecular complexity index is 795. The highest BCUT2D eigenvalue weighted by atomic mass is 35.5. The molecule has 0 spiro atoms. The van der Waals surface area contributed by atoms with Gasteiger partial charge in [-0.3, -0.25) is 4.79 Å². The standard InChI is InChI=1S/C16H10Cl3N3O/c17-11-1-4-13(5-2-11)22-16(23)10(8-20)9-21-15-6-3-12(18)7-14(15)19/h1-7,9,21H,(H,22,23)/b10-9-. The van der Waals surface area contributed by atoms with Gasteiger partial charge in [-0.15, -0.1) is 0 Å². The molecule has 0 aliphatic rings. The Kier molecular flexibility index (Phi) is 5.89. The summed E-state index contributed by atoms with van der Waals surface area (Å²) in [7, 11) is 0. The van der Waals surface area contributed by atoms with E-state index in [0.717, 1.165) is 0 Å². The third-order valence-electron chi connectivity index (χ3n) is 2.77. The molecule has 2 rings (SSSR count). The van der Waals surface area contributed by atoms with E-state index in [1.54, 1.807) is 42.5 Å². The lowest BCUT2D eigenvalue weighted by atomic mass is 10.2. The van der Waals surface area contributed by atoms with Crippen molar-refractivity contribution in [1.82, 2.24) is 0 Å². The summed E-state index contributed by atoms with van der Waals surface area (Å²) < 4.78 is 0. The van der Waals surface area contributed by atoms with E-state index in [-0.39, 0.29) is 5.57 Å². The van der Waals surface area contributed by atoms with Gasteiger partial charge in [0.1, 0.15) is 11.6 Å². The number of carbonyl (C=O) groups excluding carboxylic acids is 1. The molecule has 0 radical (unpaired) electrons. The predicted octanol–water partition coefficient (Wildman–Crippen LogP) is 5.10. The summed E-state index contributed by atoms with van der Waals surface area (Å²) >= 11 is 17.6. The van der Waals surface area contributed by atoms with Gasteiger partial charge in [0.05, 0.1) is 10.7 Å². The molecule has 0 saturated heterocycles. The highest BCUT2D eigenvalue weighted by molar-refractivity contribution is 6.36. The van der Waals surface area contributed by atoms with Crippen LogP contribution in [0.3, 0.4) is 0 Å². The van der Waals surface area contributed by atoms with Crippen molar-refractivity contribution in [2.24, 2.45) is 0 Å². The summed E-state index contributed by atoms with van der Waals surface area (Å²) in [6, 6.07) is 13.2. The van der Waals surface area contributed by atoms with Crippen LogP contribution < -0.4 is 10.6 Å². The van der Waals surface area contributed by atoms with Crippen LogP contribution in [0, 0.1) is 11.3 Å². The van der Waals surface area contributed by atoms with Crippen LogP contribution in [0.4, 0.5) is 11.4 Å². The zero-order chi connectivity index (χ0) is 16.8. The van der Waals surface area contributed by atoms with Gasteiger partial charge in [0.15, 0.2) is 0 Å². The van der Waals surface area contributed by atoms with Crippen LogP contribution in [0.25, 0.3) is 0 Å². The minimum Gasteiger partial charge on any atom is -0.359 e. The number of amides is 1. The van der Waals surface area contributed by atoms with E-state index >= 15 is 0 Å². The number of nitriles is 1. The highest BCUT2D eigenvalue weighted by Crippen LogP contribution is 2.25. The van der Waals surface area contributed by atoms with Crippen LogP contribution in [0.5, 0.6) is 0 Å². The molecule has 0 atom stereocenters. The average molecular weight is 367 g/mol. The van der Waals surface area contributed by atoms with Crippen molar-refractivity contribution >= 4 is 52.1 Å². The Balaban J connectivity index is 2.10. The molecule has 116 valence electrons. The minimum absolute atomic E-state index is 0.106. The maximum absolute atomic E-state index is 12.1. The lowest BCUT2D eigenvalue weighted by Gasteiger charge is -2.06. The van der Waals surface area contributed by atoms with Crippen LogP contribution in [0.1, 0.15) is 0 Å². The van der Waals surface area contributed by atoms with Crippen molar-refractivity contribution in [3.63, 3.8) is 0 Å². The monoisotopic (exact) mass is 365 g/mol. The van der Waals surface area contributed by atoms with Gasteiger partial charge in [-0.2, -0.15) is 5.26 Å². The number of nitrogens with zero attached hydrogens (tertiary/aromatic N) is 1. The fourth-order valence-corrected chi connectivity index (χ4v) is 2.23. The van der Waals surface area contributed by atoms with Crippen LogP contribution >= 0.6 is 34.8 Å². The van der Waals surface area contributed by atoms with E-state index < -0.39 is 5.91 Å². The molecule has 23 heavy (non-hydrogen) atoms. The predicted molar refractivity (Wildman–Crippen MR) is 93.9 cm³/mol. The summed E-state index contributed by atoms with van der Waals surface area (Å²) in [5, 5.41) is 15.9. The molecule has 0 bridgehead atoms. The van der Waals surface area contributed by atoms with Crippen LogP contribution in [0.2, 0.25) is 15.1 Å². The number of rotatable bonds is 4. The Labute approximate surface area is 148 Å². The Hall–Kier alpha value is -2.19. The Morgan fingerprint density at radius 2 is 1.70 bits per heavy atom. The number of benzene rings is 2. The third-order valence-corrected chi connectivity index (χ3v) is 3.57. The maximum atomic E-state index is 12.1. The smallest absolute Gasteiger partial charge is 0.267 e. The van der Waals surface area contributed by atoms with Gasteiger partial charge in [-0.1, -0.05) is 34.8 Å². The molecule has 7 heteroatoms. The maximum Gasteiger partial charge on any atom is 0.267 e. The quantitative estimate of drug-likeness (QED) is 0.584. The number of hydrogen-bond acceptors (Lipinski definition) is 3. The summed E-state index contributed by atoms with van der Waals surface area (Å²) in [6.07, 6.45) is 1.28. The molecular formula is C16H10Cl3N3O. The van der Waals surface area contributed by atoms with Crippen LogP contribution in [-0.4, -0.2) is 5.91 Å². The molecule has 0 unspecified atom stereocenters. The topological polar surface area (TPSA) is 64.9 Å². The zero-order valence-electron chi connectivity index (χ0n) is 11.6. The summed E-state index contributed by atoms with van der Waals surface area (Å²) in [4.78, 5) is 12.1. The van der Waals surface area contributed by atoms with Crippen molar-refractivity contribution < 1.29 is 4.79 Å². The van der Waals surface area contributed by atoms with E-state index in [1.165, 1.54) is 6.20 Å². The Morgan fingerprint density at radius 1 is 1.04 bits per heavy atom. The van der Waals surface area contributed by atoms with E-state index in [4.69, 9.17) is 40.1 Å². The second kappa shape index (κ2) is 7.89. The number of carbonyl (C=O) groups is 1. The second-order valence-electron chi connectivity index (χ2n) is 4.40. The highest BCUT2D eigenvalue weighted by Gasteiger charge is 2.09. The van der Waals surface area contributed by atoms with Gasteiger partial charge in [0.25, 0.3) is 5.91 Å². The second-order valence-corrected chi connectivity index (χ2v) is 5.68. The van der Waals surface area contributed by atoms with Gasteiger partial charge in [0.2, 0.25) is 0 Å². The molecule has 0 aliphatic carbocycles. The van der Waals surface area contributed by atoms with Gasteiger partial charge in [-0.25, -0.2) is 0 Å².